The fourth-order valence-corrected chi connectivity index (χ4v) is 2.77. The van der Waals surface area contributed by atoms with Crippen molar-refractivity contribution in [2.45, 2.75) is 38.6 Å². The number of para-hydroxylation sites is 1. The van der Waals surface area contributed by atoms with E-state index in [9.17, 15) is 14.4 Å². The van der Waals surface area contributed by atoms with Gasteiger partial charge in [-0.25, -0.2) is 0 Å². The van der Waals surface area contributed by atoms with Crippen molar-refractivity contribution in [1.82, 2.24) is 5.32 Å². The van der Waals surface area contributed by atoms with Gasteiger partial charge >= 0.3 is 0 Å². The van der Waals surface area contributed by atoms with Crippen molar-refractivity contribution < 1.29 is 14.4 Å². The van der Waals surface area contributed by atoms with Crippen LogP contribution in [0.4, 0.5) is 11.4 Å². The molecule has 1 fully saturated rings. The van der Waals surface area contributed by atoms with E-state index in [1.807, 2.05) is 12.1 Å². The van der Waals surface area contributed by atoms with E-state index in [4.69, 9.17) is 0 Å². The number of carbonyl (C=O) groups excluding carboxylic acids is 3. The highest BCUT2D eigenvalue weighted by molar-refractivity contribution is 6.04. The SMILES string of the molecule is CNc1c(C(C)C)cccc1N(C=O)C1CCC(=O)NC1=O. The molecule has 0 aromatic heterocycles. The summed E-state index contributed by atoms with van der Waals surface area (Å²) in [6.45, 7) is 4.13. The normalized spacial score (nSPS) is 18.1. The molecule has 6 nitrogen and oxygen atoms in total. The van der Waals surface area contributed by atoms with E-state index in [1.54, 1.807) is 13.1 Å². The molecule has 1 aromatic carbocycles. The summed E-state index contributed by atoms with van der Waals surface area (Å²) in [4.78, 5) is 36.3. The predicted octanol–water partition coefficient (Wildman–Crippen LogP) is 1.62. The molecule has 0 radical (unpaired) electrons. The first-order valence-electron chi connectivity index (χ1n) is 7.37. The van der Waals surface area contributed by atoms with Crippen LogP contribution in [0, 0.1) is 0 Å². The van der Waals surface area contributed by atoms with Gasteiger partial charge < -0.3 is 10.2 Å². The minimum Gasteiger partial charge on any atom is -0.386 e. The smallest absolute Gasteiger partial charge is 0.249 e. The molecule has 0 bridgehead atoms. The molecule has 3 amide bonds. The number of hydrogen-bond donors (Lipinski definition) is 2. The molecule has 2 rings (SSSR count). The van der Waals surface area contributed by atoms with Gasteiger partial charge in [0.15, 0.2) is 0 Å². The highest BCUT2D eigenvalue weighted by Gasteiger charge is 2.33. The Morgan fingerprint density at radius 3 is 2.64 bits per heavy atom. The third-order valence-corrected chi connectivity index (χ3v) is 3.88. The number of carbonyl (C=O) groups is 3. The zero-order chi connectivity index (χ0) is 16.3. The third-order valence-electron chi connectivity index (χ3n) is 3.88. The molecule has 1 heterocycles. The largest absolute Gasteiger partial charge is 0.386 e. The Bertz CT molecular complexity index is 598. The number of rotatable bonds is 5. The summed E-state index contributed by atoms with van der Waals surface area (Å²) in [5.41, 5.74) is 2.55. The topological polar surface area (TPSA) is 78.5 Å². The lowest BCUT2D eigenvalue weighted by Gasteiger charge is -2.32. The van der Waals surface area contributed by atoms with E-state index >= 15 is 0 Å². The minimum absolute atomic E-state index is 0.236. The van der Waals surface area contributed by atoms with Crippen LogP contribution >= 0.6 is 0 Å². The number of amides is 3. The average Bonchev–Trinajstić information content (AvgIpc) is 2.49. The maximum Gasteiger partial charge on any atom is 0.249 e. The van der Waals surface area contributed by atoms with Crippen molar-refractivity contribution in [2.24, 2.45) is 0 Å². The molecular weight excluding hydrogens is 282 g/mol. The number of hydrogen-bond acceptors (Lipinski definition) is 4. The van der Waals surface area contributed by atoms with Crippen LogP contribution in [0.25, 0.3) is 0 Å². The maximum absolute atomic E-state index is 12.0. The van der Waals surface area contributed by atoms with E-state index < -0.39 is 11.9 Å². The molecule has 0 aliphatic carbocycles. The van der Waals surface area contributed by atoms with Crippen molar-refractivity contribution in [1.29, 1.82) is 0 Å². The second-order valence-corrected chi connectivity index (χ2v) is 5.63. The van der Waals surface area contributed by atoms with Crippen LogP contribution in [-0.2, 0) is 14.4 Å². The van der Waals surface area contributed by atoms with Gasteiger partial charge in [-0.2, -0.15) is 0 Å². The molecule has 1 saturated heterocycles. The minimum atomic E-state index is -0.662. The second kappa shape index (κ2) is 6.60. The van der Waals surface area contributed by atoms with Gasteiger partial charge in [-0.1, -0.05) is 26.0 Å². The van der Waals surface area contributed by atoms with Crippen LogP contribution < -0.4 is 15.5 Å². The van der Waals surface area contributed by atoms with Crippen molar-refractivity contribution in [3.63, 3.8) is 0 Å². The molecule has 1 atom stereocenters. The highest BCUT2D eigenvalue weighted by atomic mass is 16.2. The van der Waals surface area contributed by atoms with Crippen molar-refractivity contribution >= 4 is 29.6 Å². The molecule has 1 aliphatic heterocycles. The first-order valence-corrected chi connectivity index (χ1v) is 7.37. The van der Waals surface area contributed by atoms with Gasteiger partial charge in [0.2, 0.25) is 18.2 Å². The second-order valence-electron chi connectivity index (χ2n) is 5.63. The lowest BCUT2D eigenvalue weighted by atomic mass is 9.98. The molecule has 22 heavy (non-hydrogen) atoms. The predicted molar refractivity (Wildman–Crippen MR) is 84.8 cm³/mol. The molecule has 1 aromatic rings. The molecule has 0 spiro atoms. The van der Waals surface area contributed by atoms with Gasteiger partial charge in [-0.3, -0.25) is 19.7 Å². The van der Waals surface area contributed by atoms with Gasteiger partial charge in [0.25, 0.3) is 0 Å². The zero-order valence-electron chi connectivity index (χ0n) is 13.1. The van der Waals surface area contributed by atoms with Gasteiger partial charge in [0.1, 0.15) is 6.04 Å². The lowest BCUT2D eigenvalue weighted by Crippen LogP contribution is -2.52. The summed E-state index contributed by atoms with van der Waals surface area (Å²) in [7, 11) is 1.79. The summed E-state index contributed by atoms with van der Waals surface area (Å²) >= 11 is 0. The monoisotopic (exact) mass is 303 g/mol. The van der Waals surface area contributed by atoms with Crippen molar-refractivity contribution in [3.8, 4) is 0 Å². The van der Waals surface area contributed by atoms with Crippen LogP contribution in [-0.4, -0.2) is 31.3 Å². The summed E-state index contributed by atoms with van der Waals surface area (Å²) in [5, 5.41) is 5.41. The Kier molecular flexibility index (Phi) is 4.80. The van der Waals surface area contributed by atoms with Crippen LogP contribution in [0.15, 0.2) is 18.2 Å². The molecule has 0 saturated carbocycles. The Balaban J connectivity index is 2.43. The molecule has 2 N–H and O–H groups in total. The van der Waals surface area contributed by atoms with Crippen LogP contribution in [0.1, 0.15) is 38.2 Å². The van der Waals surface area contributed by atoms with Gasteiger partial charge in [0.05, 0.1) is 11.4 Å². The molecular formula is C16H21N3O3. The number of imide groups is 1. The zero-order valence-corrected chi connectivity index (χ0v) is 13.1. The molecule has 1 unspecified atom stereocenters. The summed E-state index contributed by atoms with van der Waals surface area (Å²) < 4.78 is 0. The number of piperidine rings is 1. The quantitative estimate of drug-likeness (QED) is 0.640. The summed E-state index contributed by atoms with van der Waals surface area (Å²) in [5.74, 6) is -0.449. The van der Waals surface area contributed by atoms with E-state index in [1.165, 1.54) is 4.90 Å². The first kappa shape index (κ1) is 16.0. The fourth-order valence-electron chi connectivity index (χ4n) is 2.77. The fraction of sp³-hybridized carbons (Fsp3) is 0.438. The van der Waals surface area contributed by atoms with Gasteiger partial charge in [0, 0.05) is 13.5 Å². The van der Waals surface area contributed by atoms with E-state index in [-0.39, 0.29) is 18.2 Å². The Hall–Kier alpha value is -2.37. The Labute approximate surface area is 129 Å². The number of nitrogens with zero attached hydrogens (tertiary/aromatic N) is 1. The standard InChI is InChI=1S/C16H21N3O3/c1-10(2)11-5-4-6-12(15(11)17-3)19(9-20)13-7-8-14(21)18-16(13)22/h4-6,9-10,13,17H,7-8H2,1-3H3,(H,18,21,22). The van der Waals surface area contributed by atoms with Crippen molar-refractivity contribution in [2.75, 3.05) is 17.3 Å². The average molecular weight is 303 g/mol. The van der Waals surface area contributed by atoms with Gasteiger partial charge in [-0.15, -0.1) is 0 Å². The van der Waals surface area contributed by atoms with Crippen LogP contribution in [0.5, 0.6) is 0 Å². The summed E-state index contributed by atoms with van der Waals surface area (Å²) in [6.07, 6.45) is 1.22. The Morgan fingerprint density at radius 1 is 1.36 bits per heavy atom. The Morgan fingerprint density at radius 2 is 2.09 bits per heavy atom. The first-order chi connectivity index (χ1) is 10.5. The van der Waals surface area contributed by atoms with E-state index in [0.29, 0.717) is 18.5 Å². The van der Waals surface area contributed by atoms with Crippen molar-refractivity contribution in [3.05, 3.63) is 23.8 Å². The molecule has 118 valence electrons. The van der Waals surface area contributed by atoms with Crippen LogP contribution in [0.2, 0.25) is 0 Å². The van der Waals surface area contributed by atoms with E-state index in [0.717, 1.165) is 11.3 Å². The van der Waals surface area contributed by atoms with E-state index in [2.05, 4.69) is 24.5 Å². The lowest BCUT2D eigenvalue weighted by molar-refractivity contribution is -0.134. The summed E-state index contributed by atoms with van der Waals surface area (Å²) in [6, 6.07) is 5.00. The molecule has 6 heteroatoms. The number of nitrogens with one attached hydrogen (secondary N) is 2. The number of anilines is 2. The molecule has 1 aliphatic rings. The number of benzene rings is 1. The maximum atomic E-state index is 12.0. The third kappa shape index (κ3) is 2.95. The highest BCUT2D eigenvalue weighted by Crippen LogP contribution is 2.34. The van der Waals surface area contributed by atoms with Crippen LogP contribution in [0.3, 0.4) is 0 Å². The van der Waals surface area contributed by atoms with Gasteiger partial charge in [-0.05, 0) is 24.0 Å².